The van der Waals surface area contributed by atoms with Crippen molar-refractivity contribution in [3.8, 4) is 0 Å². The molecule has 0 saturated heterocycles. The first-order valence-electron chi connectivity index (χ1n) is 6.01. The molecule has 0 unspecified atom stereocenters. The van der Waals surface area contributed by atoms with E-state index in [1.165, 1.54) is 6.92 Å². The molecule has 12 heteroatoms. The Balaban J connectivity index is 0. The predicted octanol–water partition coefficient (Wildman–Crippen LogP) is 2.03. The molecule has 140 valence electrons. The number of carbonyl (C=O) groups excluding carboxylic acids is 3. The topological polar surface area (TPSA) is 95.7 Å². The lowest BCUT2D eigenvalue weighted by Crippen LogP contribution is -2.21. The van der Waals surface area contributed by atoms with Gasteiger partial charge in [0.1, 0.15) is 12.2 Å². The van der Waals surface area contributed by atoms with Gasteiger partial charge in [-0.05, 0) is 13.8 Å². The summed E-state index contributed by atoms with van der Waals surface area (Å²) in [7, 11) is 0. The van der Waals surface area contributed by atoms with Gasteiger partial charge in [-0.15, -0.1) is 0 Å². The first-order valence-corrected chi connectivity index (χ1v) is 6.01. The molecule has 0 radical (unpaired) electrons. The van der Waals surface area contributed by atoms with Crippen molar-refractivity contribution in [2.24, 2.45) is 5.73 Å². The van der Waals surface area contributed by atoms with E-state index in [9.17, 15) is 40.7 Å². The van der Waals surface area contributed by atoms with E-state index in [1.807, 2.05) is 0 Å². The van der Waals surface area contributed by atoms with Crippen LogP contribution in [-0.4, -0.2) is 43.3 Å². The minimum Gasteiger partial charge on any atom is -0.456 e. The Labute approximate surface area is 132 Å². The van der Waals surface area contributed by atoms with Gasteiger partial charge in [0.05, 0.1) is 0 Å². The average Bonchev–Trinajstić information content (AvgIpc) is 2.31. The van der Waals surface area contributed by atoms with E-state index >= 15 is 0 Å². The number of nitrogens with two attached hydrogens (primary N) is 1. The standard InChI is InChI=1S/C6H8F3NO2.C6H7F3O3/c2*1-4(10)2-5(11)12-3-6(7,8)9/h2H,3,10H2,1H3;2-3H2,1H3/b4-2-;. The molecule has 0 saturated carbocycles. The van der Waals surface area contributed by atoms with Crippen molar-refractivity contribution in [3.63, 3.8) is 0 Å². The van der Waals surface area contributed by atoms with Crippen LogP contribution in [0.25, 0.3) is 0 Å². The van der Waals surface area contributed by atoms with Crippen LogP contribution in [0.1, 0.15) is 20.3 Å². The number of halogens is 6. The van der Waals surface area contributed by atoms with Crippen molar-refractivity contribution < 1.29 is 50.2 Å². The van der Waals surface area contributed by atoms with Gasteiger partial charge in [-0.1, -0.05) is 0 Å². The molecule has 0 aliphatic carbocycles. The molecule has 0 aromatic carbocycles. The van der Waals surface area contributed by atoms with E-state index in [1.54, 1.807) is 0 Å². The third-order valence-corrected chi connectivity index (χ3v) is 1.51. The van der Waals surface area contributed by atoms with Gasteiger partial charge in [-0.2, -0.15) is 26.3 Å². The lowest BCUT2D eigenvalue weighted by atomic mass is 10.3. The van der Waals surface area contributed by atoms with Gasteiger partial charge in [-0.3, -0.25) is 9.59 Å². The molecule has 0 aromatic heterocycles. The van der Waals surface area contributed by atoms with Crippen molar-refractivity contribution in [1.82, 2.24) is 0 Å². The van der Waals surface area contributed by atoms with Crippen LogP contribution in [-0.2, 0) is 23.9 Å². The van der Waals surface area contributed by atoms with Gasteiger partial charge < -0.3 is 15.2 Å². The van der Waals surface area contributed by atoms with Crippen molar-refractivity contribution in [2.75, 3.05) is 13.2 Å². The second kappa shape index (κ2) is 10.5. The zero-order chi connectivity index (χ0) is 19.6. The number of Topliss-reactive ketones (excluding diaryl/α,β-unsaturated/α-hetero) is 1. The molecule has 24 heavy (non-hydrogen) atoms. The predicted molar refractivity (Wildman–Crippen MR) is 67.3 cm³/mol. The minimum atomic E-state index is -4.54. The van der Waals surface area contributed by atoms with E-state index in [4.69, 9.17) is 5.73 Å². The van der Waals surface area contributed by atoms with Crippen LogP contribution in [0.3, 0.4) is 0 Å². The Bertz CT molecular complexity index is 466. The highest BCUT2D eigenvalue weighted by atomic mass is 19.4. The van der Waals surface area contributed by atoms with E-state index < -0.39 is 49.7 Å². The maximum atomic E-state index is 11.4. The van der Waals surface area contributed by atoms with Crippen LogP contribution >= 0.6 is 0 Å². The van der Waals surface area contributed by atoms with Gasteiger partial charge in [0.15, 0.2) is 13.2 Å². The molecule has 0 aliphatic rings. The van der Waals surface area contributed by atoms with Gasteiger partial charge in [0, 0.05) is 11.8 Å². The highest BCUT2D eigenvalue weighted by Crippen LogP contribution is 2.15. The van der Waals surface area contributed by atoms with Crippen LogP contribution in [0, 0.1) is 0 Å². The quantitative estimate of drug-likeness (QED) is 0.346. The monoisotopic (exact) mass is 367 g/mol. The summed E-state index contributed by atoms with van der Waals surface area (Å²) in [5, 5.41) is 0. The maximum absolute atomic E-state index is 11.4. The number of esters is 2. The molecule has 0 fully saturated rings. The highest BCUT2D eigenvalue weighted by Gasteiger charge is 2.30. The highest BCUT2D eigenvalue weighted by molar-refractivity contribution is 5.94. The minimum absolute atomic E-state index is 0.0992. The fraction of sp³-hybridized carbons (Fsp3) is 0.583. The van der Waals surface area contributed by atoms with Crippen molar-refractivity contribution in [3.05, 3.63) is 11.8 Å². The molecule has 6 nitrogen and oxygen atoms in total. The fourth-order valence-corrected chi connectivity index (χ4v) is 0.797. The van der Waals surface area contributed by atoms with Gasteiger partial charge in [0.25, 0.3) is 0 Å². The first-order chi connectivity index (χ1) is 10.6. The van der Waals surface area contributed by atoms with E-state index in [0.29, 0.717) is 0 Å². The van der Waals surface area contributed by atoms with E-state index in [0.717, 1.165) is 13.0 Å². The maximum Gasteiger partial charge on any atom is 0.422 e. The largest absolute Gasteiger partial charge is 0.456 e. The lowest BCUT2D eigenvalue weighted by molar-refractivity contribution is -0.186. The SMILES string of the molecule is C/C(N)=C/C(=O)OCC(F)(F)F.CC(=O)CC(=O)OCC(F)(F)F. The molecule has 2 N–H and O–H groups in total. The Kier molecular flexibility index (Phi) is 10.5. The molecule has 0 rings (SSSR count). The molecule has 0 aromatic rings. The molecule has 0 bridgehead atoms. The summed E-state index contributed by atoms with van der Waals surface area (Å²) in [6.45, 7) is -0.765. The Morgan fingerprint density at radius 1 is 0.917 bits per heavy atom. The second-order valence-corrected chi connectivity index (χ2v) is 4.27. The Morgan fingerprint density at radius 2 is 1.33 bits per heavy atom. The zero-order valence-electron chi connectivity index (χ0n) is 12.6. The lowest BCUT2D eigenvalue weighted by Gasteiger charge is -2.06. The molecule has 0 spiro atoms. The summed E-state index contributed by atoms with van der Waals surface area (Å²) in [4.78, 5) is 31.0. The summed E-state index contributed by atoms with van der Waals surface area (Å²) in [5.74, 6) is -2.77. The molecular formula is C12H15F6NO5. The van der Waals surface area contributed by atoms with Crippen LogP contribution in [0.2, 0.25) is 0 Å². The first kappa shape index (κ1) is 24.0. The molecule has 0 aliphatic heterocycles. The van der Waals surface area contributed by atoms with Crippen LogP contribution < -0.4 is 5.73 Å². The molecular weight excluding hydrogens is 352 g/mol. The number of hydrogen-bond acceptors (Lipinski definition) is 6. The third kappa shape index (κ3) is 22.0. The van der Waals surface area contributed by atoms with Crippen LogP contribution in [0.15, 0.2) is 11.8 Å². The second-order valence-electron chi connectivity index (χ2n) is 4.27. The number of hydrogen-bond donors (Lipinski definition) is 1. The number of ether oxygens (including phenoxy) is 2. The molecule has 0 heterocycles. The summed E-state index contributed by atoms with van der Waals surface area (Å²) in [6.07, 6.45) is -8.86. The molecule has 0 atom stereocenters. The van der Waals surface area contributed by atoms with E-state index in [-0.39, 0.29) is 5.70 Å². The number of ketones is 1. The number of rotatable bonds is 5. The van der Waals surface area contributed by atoms with Crippen LogP contribution in [0.5, 0.6) is 0 Å². The zero-order valence-corrected chi connectivity index (χ0v) is 12.6. The van der Waals surface area contributed by atoms with Gasteiger partial charge >= 0.3 is 24.3 Å². The third-order valence-electron chi connectivity index (χ3n) is 1.51. The van der Waals surface area contributed by atoms with Gasteiger partial charge in [0.2, 0.25) is 0 Å². The van der Waals surface area contributed by atoms with Gasteiger partial charge in [-0.25, -0.2) is 4.79 Å². The van der Waals surface area contributed by atoms with Crippen LogP contribution in [0.4, 0.5) is 26.3 Å². The smallest absolute Gasteiger partial charge is 0.422 e. The summed E-state index contributed by atoms with van der Waals surface area (Å²) in [5.41, 5.74) is 5.11. The van der Waals surface area contributed by atoms with E-state index in [2.05, 4.69) is 9.47 Å². The summed E-state index contributed by atoms with van der Waals surface area (Å²) in [6, 6.07) is 0. The van der Waals surface area contributed by atoms with Crippen molar-refractivity contribution in [2.45, 2.75) is 32.6 Å². The van der Waals surface area contributed by atoms with Crippen molar-refractivity contribution in [1.29, 1.82) is 0 Å². The fourth-order valence-electron chi connectivity index (χ4n) is 0.797. The number of alkyl halides is 6. The summed E-state index contributed by atoms with van der Waals surface area (Å²) >= 11 is 0. The molecule has 0 amide bonds. The number of allylic oxidation sites excluding steroid dienone is 1. The normalized spacial score (nSPS) is 11.9. The Hall–Kier alpha value is -2.27. The summed E-state index contributed by atoms with van der Waals surface area (Å²) < 4.78 is 76.0. The average molecular weight is 367 g/mol. The Morgan fingerprint density at radius 3 is 1.67 bits per heavy atom. The number of carbonyl (C=O) groups is 3. The van der Waals surface area contributed by atoms with Crippen molar-refractivity contribution >= 4 is 17.7 Å².